The molecule has 11 heteroatoms. The van der Waals surface area contributed by atoms with Gasteiger partial charge in [0, 0.05) is 28.6 Å². The molecule has 0 amide bonds. The molecule has 2 aromatic heterocycles. The molecular formula is C23H22N2O9. The standard InChI is InChI=1S/C23H22N2O9/c1-11-5-16(26)21(23(31)25(11)10-19(27)28)13(8-20(29)32-2)14-6-12-7-17-18(34-4-3-33-17)9-15(12)24-22(14)30/h5-7,9,13,26H,3-4,8,10H2,1-2H3,(H,24,30)(H,27,28). The molecule has 3 heterocycles. The fourth-order valence-corrected chi connectivity index (χ4v) is 4.06. The molecule has 11 nitrogen and oxygen atoms in total. The smallest absolute Gasteiger partial charge is 0.323 e. The summed E-state index contributed by atoms with van der Waals surface area (Å²) in [5, 5.41) is 20.4. The molecular weight excluding hydrogens is 448 g/mol. The summed E-state index contributed by atoms with van der Waals surface area (Å²) in [4.78, 5) is 52.5. The first-order chi connectivity index (χ1) is 16.2. The van der Waals surface area contributed by atoms with Crippen LogP contribution in [0, 0.1) is 6.92 Å². The number of esters is 1. The van der Waals surface area contributed by atoms with Gasteiger partial charge in [-0.25, -0.2) is 0 Å². The highest BCUT2D eigenvalue weighted by molar-refractivity contribution is 5.83. The summed E-state index contributed by atoms with van der Waals surface area (Å²) in [5.41, 5.74) is -1.02. The Morgan fingerprint density at radius 3 is 2.47 bits per heavy atom. The zero-order valence-corrected chi connectivity index (χ0v) is 18.4. The van der Waals surface area contributed by atoms with E-state index in [1.807, 2.05) is 0 Å². The molecule has 0 bridgehead atoms. The van der Waals surface area contributed by atoms with Crippen molar-refractivity contribution in [3.8, 4) is 17.2 Å². The Bertz CT molecular complexity index is 1420. The molecule has 0 saturated heterocycles. The molecule has 3 N–H and O–H groups in total. The van der Waals surface area contributed by atoms with E-state index < -0.39 is 47.7 Å². The van der Waals surface area contributed by atoms with Crippen LogP contribution in [0.5, 0.6) is 17.2 Å². The third kappa shape index (κ3) is 4.19. The number of carbonyl (C=O) groups is 2. The number of ether oxygens (including phenoxy) is 3. The van der Waals surface area contributed by atoms with E-state index in [0.29, 0.717) is 35.6 Å². The van der Waals surface area contributed by atoms with E-state index in [-0.39, 0.29) is 16.8 Å². The number of aromatic amines is 1. The van der Waals surface area contributed by atoms with Crippen molar-refractivity contribution >= 4 is 22.8 Å². The predicted octanol–water partition coefficient (Wildman–Crippen LogP) is 1.25. The van der Waals surface area contributed by atoms with Crippen molar-refractivity contribution in [3.63, 3.8) is 0 Å². The first kappa shape index (κ1) is 22.9. The molecule has 0 aliphatic carbocycles. The first-order valence-electron chi connectivity index (χ1n) is 10.4. The summed E-state index contributed by atoms with van der Waals surface area (Å²) in [6, 6.07) is 6.00. The van der Waals surface area contributed by atoms with Crippen molar-refractivity contribution in [2.75, 3.05) is 20.3 Å². The average molecular weight is 470 g/mol. The number of carboxylic acid groups (broad SMARTS) is 1. The summed E-state index contributed by atoms with van der Waals surface area (Å²) in [7, 11) is 1.16. The maximum absolute atomic E-state index is 13.2. The molecule has 0 fully saturated rings. The number of carboxylic acids is 1. The second-order valence-electron chi connectivity index (χ2n) is 7.84. The van der Waals surface area contributed by atoms with Crippen molar-refractivity contribution in [3.05, 3.63) is 61.8 Å². The van der Waals surface area contributed by atoms with Crippen LogP contribution >= 0.6 is 0 Å². The largest absolute Gasteiger partial charge is 0.507 e. The van der Waals surface area contributed by atoms with E-state index in [2.05, 4.69) is 4.98 Å². The number of H-pyrrole nitrogens is 1. The Morgan fingerprint density at radius 1 is 1.15 bits per heavy atom. The van der Waals surface area contributed by atoms with Gasteiger partial charge >= 0.3 is 11.9 Å². The lowest BCUT2D eigenvalue weighted by Crippen LogP contribution is -2.32. The maximum atomic E-state index is 13.2. The lowest BCUT2D eigenvalue weighted by Gasteiger charge is -2.21. The van der Waals surface area contributed by atoms with Crippen LogP contribution in [0.4, 0.5) is 0 Å². The number of pyridine rings is 2. The van der Waals surface area contributed by atoms with Gasteiger partial charge in [0.05, 0.1) is 24.6 Å². The molecule has 1 unspecified atom stereocenters. The zero-order valence-electron chi connectivity index (χ0n) is 18.4. The number of nitrogens with zero attached hydrogens (tertiary/aromatic N) is 1. The fraction of sp³-hybridized carbons (Fsp3) is 0.304. The number of hydrogen-bond acceptors (Lipinski definition) is 8. The predicted molar refractivity (Wildman–Crippen MR) is 119 cm³/mol. The van der Waals surface area contributed by atoms with E-state index in [0.717, 1.165) is 11.7 Å². The minimum absolute atomic E-state index is 0.0210. The van der Waals surface area contributed by atoms with Crippen LogP contribution in [0.3, 0.4) is 0 Å². The van der Waals surface area contributed by atoms with Crippen LogP contribution in [0.25, 0.3) is 10.9 Å². The van der Waals surface area contributed by atoms with Crippen molar-refractivity contribution in [1.82, 2.24) is 9.55 Å². The van der Waals surface area contributed by atoms with Gasteiger partial charge in [-0.3, -0.25) is 19.2 Å². The lowest BCUT2D eigenvalue weighted by molar-refractivity contribution is -0.141. The monoisotopic (exact) mass is 470 g/mol. The average Bonchev–Trinajstić information content (AvgIpc) is 2.79. The Hall–Kier alpha value is -4.28. The number of hydrogen-bond donors (Lipinski definition) is 3. The quantitative estimate of drug-likeness (QED) is 0.451. The van der Waals surface area contributed by atoms with E-state index >= 15 is 0 Å². The second-order valence-corrected chi connectivity index (χ2v) is 7.84. The van der Waals surface area contributed by atoms with Crippen molar-refractivity contribution in [2.45, 2.75) is 25.8 Å². The van der Waals surface area contributed by atoms with Crippen LogP contribution in [0.1, 0.15) is 29.2 Å². The van der Waals surface area contributed by atoms with Gasteiger partial charge < -0.3 is 34.0 Å². The van der Waals surface area contributed by atoms with E-state index in [1.54, 1.807) is 12.1 Å². The number of methoxy groups -OCH3 is 1. The first-order valence-corrected chi connectivity index (χ1v) is 10.4. The topological polar surface area (TPSA) is 157 Å². The van der Waals surface area contributed by atoms with E-state index in [4.69, 9.17) is 14.2 Å². The van der Waals surface area contributed by atoms with Gasteiger partial charge in [0.2, 0.25) is 0 Å². The molecule has 1 aromatic carbocycles. The van der Waals surface area contributed by atoms with Gasteiger partial charge in [0.15, 0.2) is 11.5 Å². The SMILES string of the molecule is COC(=O)CC(c1cc2cc3c(cc2[nH]c1=O)OCCO3)c1c(O)cc(C)n(CC(=O)O)c1=O. The molecule has 178 valence electrons. The number of benzene rings is 1. The highest BCUT2D eigenvalue weighted by Gasteiger charge is 2.29. The van der Waals surface area contributed by atoms with Crippen LogP contribution in [0.15, 0.2) is 33.9 Å². The van der Waals surface area contributed by atoms with E-state index in [9.17, 15) is 29.4 Å². The molecule has 0 radical (unpaired) electrons. The molecule has 3 aromatic rings. The Balaban J connectivity index is 1.95. The number of nitrogens with one attached hydrogen (secondary N) is 1. The molecule has 0 spiro atoms. The number of aromatic nitrogens is 2. The Kier molecular flexibility index (Phi) is 6.01. The molecule has 1 aliphatic heterocycles. The summed E-state index contributed by atoms with van der Waals surface area (Å²) in [6.07, 6.45) is -0.436. The summed E-state index contributed by atoms with van der Waals surface area (Å²) in [5.74, 6) is -2.70. The van der Waals surface area contributed by atoms with Crippen LogP contribution in [-0.2, 0) is 20.9 Å². The normalized spacial score (nSPS) is 13.5. The van der Waals surface area contributed by atoms with Gasteiger partial charge in [-0.15, -0.1) is 0 Å². The Labute approximate surface area is 192 Å². The number of carbonyl (C=O) groups excluding carboxylic acids is 1. The van der Waals surface area contributed by atoms with Gasteiger partial charge in [0.25, 0.3) is 11.1 Å². The number of aromatic hydroxyl groups is 1. The second kappa shape index (κ2) is 8.93. The fourth-order valence-electron chi connectivity index (χ4n) is 4.06. The van der Waals surface area contributed by atoms with Gasteiger partial charge in [-0.05, 0) is 25.1 Å². The van der Waals surface area contributed by atoms with Crippen LogP contribution in [0.2, 0.25) is 0 Å². The number of aliphatic carboxylic acids is 1. The molecule has 34 heavy (non-hydrogen) atoms. The zero-order chi connectivity index (χ0) is 24.6. The molecule has 0 saturated carbocycles. The Morgan fingerprint density at radius 2 is 1.82 bits per heavy atom. The minimum Gasteiger partial charge on any atom is -0.507 e. The van der Waals surface area contributed by atoms with Crippen molar-refractivity contribution < 1.29 is 34.0 Å². The van der Waals surface area contributed by atoms with Crippen molar-refractivity contribution in [1.29, 1.82) is 0 Å². The molecule has 1 atom stereocenters. The maximum Gasteiger partial charge on any atom is 0.323 e. The minimum atomic E-state index is -1.26. The summed E-state index contributed by atoms with van der Waals surface area (Å²) < 4.78 is 16.8. The lowest BCUT2D eigenvalue weighted by atomic mass is 9.88. The number of fused-ring (bicyclic) bond motifs is 2. The van der Waals surface area contributed by atoms with Crippen LogP contribution in [-0.4, -0.2) is 52.0 Å². The molecule has 4 rings (SSSR count). The third-order valence-corrected chi connectivity index (χ3v) is 5.67. The third-order valence-electron chi connectivity index (χ3n) is 5.67. The van der Waals surface area contributed by atoms with Crippen molar-refractivity contribution in [2.24, 2.45) is 0 Å². The summed E-state index contributed by atoms with van der Waals surface area (Å²) >= 11 is 0. The summed E-state index contributed by atoms with van der Waals surface area (Å²) in [6.45, 7) is 1.55. The highest BCUT2D eigenvalue weighted by atomic mass is 16.6. The van der Waals surface area contributed by atoms with Gasteiger partial charge in [0.1, 0.15) is 25.5 Å². The number of aryl methyl sites for hydroxylation is 1. The molecule has 1 aliphatic rings. The van der Waals surface area contributed by atoms with Gasteiger partial charge in [-0.1, -0.05) is 0 Å². The van der Waals surface area contributed by atoms with Gasteiger partial charge in [-0.2, -0.15) is 0 Å². The number of rotatable bonds is 6. The van der Waals surface area contributed by atoms with E-state index in [1.165, 1.54) is 19.1 Å². The highest BCUT2D eigenvalue weighted by Crippen LogP contribution is 2.36. The van der Waals surface area contributed by atoms with Crippen LogP contribution < -0.4 is 20.6 Å².